The van der Waals surface area contributed by atoms with Gasteiger partial charge in [-0.25, -0.2) is 4.79 Å². The average Bonchev–Trinajstić information content (AvgIpc) is 2.62. The number of rotatable bonds is 4. The van der Waals surface area contributed by atoms with E-state index in [-0.39, 0.29) is 12.5 Å². The number of nitrogen functional groups attached to an aromatic ring is 1. The number of amides is 3. The van der Waals surface area contributed by atoms with E-state index >= 15 is 0 Å². The van der Waals surface area contributed by atoms with Crippen LogP contribution >= 0.6 is 0 Å². The number of fused-ring (bicyclic) bond motifs is 1. The molecule has 3 amide bonds. The number of nitrogens with one attached hydrogen (secondary N) is 2. The number of imide groups is 1. The first-order valence-corrected chi connectivity index (χ1v) is 8.37. The molecule has 0 atom stereocenters. The molecule has 2 aromatic rings. The molecule has 0 saturated carbocycles. The highest BCUT2D eigenvalue weighted by atomic mass is 16.2. The van der Waals surface area contributed by atoms with Crippen LogP contribution in [0.2, 0.25) is 0 Å². The largest absolute Gasteiger partial charge is 0.398 e. The zero-order chi connectivity index (χ0) is 17.6. The third-order valence-electron chi connectivity index (χ3n) is 4.27. The van der Waals surface area contributed by atoms with E-state index in [0.29, 0.717) is 6.54 Å². The van der Waals surface area contributed by atoms with Crippen LogP contribution in [0.15, 0.2) is 48.5 Å². The summed E-state index contributed by atoms with van der Waals surface area (Å²) < 4.78 is 0. The average molecular weight is 338 g/mol. The second kappa shape index (κ2) is 7.70. The maximum atomic E-state index is 12.2. The molecule has 0 aromatic heterocycles. The number of hydrogen-bond acceptors (Lipinski definition) is 4. The van der Waals surface area contributed by atoms with Gasteiger partial charge in [0.2, 0.25) is 5.91 Å². The van der Waals surface area contributed by atoms with Gasteiger partial charge >= 0.3 is 6.03 Å². The number of carbonyl (C=O) groups is 2. The fourth-order valence-electron chi connectivity index (χ4n) is 3.05. The molecular formula is C19H22N4O2. The normalized spacial score (nSPS) is 13.0. The molecule has 0 radical (unpaired) electrons. The first kappa shape index (κ1) is 16.8. The van der Waals surface area contributed by atoms with Crippen molar-refractivity contribution in [3.8, 4) is 0 Å². The summed E-state index contributed by atoms with van der Waals surface area (Å²) in [4.78, 5) is 26.0. The van der Waals surface area contributed by atoms with Gasteiger partial charge in [0, 0.05) is 24.5 Å². The van der Waals surface area contributed by atoms with E-state index < -0.39 is 6.03 Å². The molecule has 1 aliphatic heterocycles. The highest BCUT2D eigenvalue weighted by Gasteiger charge is 2.21. The van der Waals surface area contributed by atoms with Gasteiger partial charge in [-0.2, -0.15) is 0 Å². The maximum Gasteiger partial charge on any atom is 0.321 e. The molecule has 2 aromatic carbocycles. The Kier molecular flexibility index (Phi) is 5.18. The highest BCUT2D eigenvalue weighted by Crippen LogP contribution is 2.30. The lowest BCUT2D eigenvalue weighted by atomic mass is 10.00. The van der Waals surface area contributed by atoms with E-state index in [4.69, 9.17) is 5.73 Å². The summed E-state index contributed by atoms with van der Waals surface area (Å²) in [6.07, 6.45) is 1.85. The minimum absolute atomic E-state index is 0.134. The van der Waals surface area contributed by atoms with Crippen molar-refractivity contribution in [1.82, 2.24) is 10.6 Å². The molecule has 6 nitrogen and oxygen atoms in total. The van der Waals surface area contributed by atoms with Crippen LogP contribution in [0, 0.1) is 0 Å². The Morgan fingerprint density at radius 1 is 1.08 bits per heavy atom. The molecule has 0 aliphatic carbocycles. The van der Waals surface area contributed by atoms with Crippen molar-refractivity contribution in [3.63, 3.8) is 0 Å². The number of nitrogens with zero attached hydrogens (tertiary/aromatic N) is 1. The van der Waals surface area contributed by atoms with Gasteiger partial charge in [0.25, 0.3) is 0 Å². The molecule has 130 valence electrons. The lowest BCUT2D eigenvalue weighted by molar-refractivity contribution is -0.118. The number of benzene rings is 2. The van der Waals surface area contributed by atoms with Crippen LogP contribution in [-0.2, 0) is 17.8 Å². The standard InChI is InChI=1S/C19H22N4O2/c20-16-9-4-10-17-15(16)8-5-11-23(17)13-18(24)22-19(25)21-12-14-6-2-1-3-7-14/h1-4,6-7,9-10H,5,8,11-13,20H2,(H2,21,22,24,25). The molecule has 6 heteroatoms. The van der Waals surface area contributed by atoms with Crippen LogP contribution in [0.1, 0.15) is 17.5 Å². The smallest absolute Gasteiger partial charge is 0.321 e. The minimum atomic E-state index is -0.487. The van der Waals surface area contributed by atoms with E-state index in [9.17, 15) is 9.59 Å². The van der Waals surface area contributed by atoms with Crippen LogP contribution in [0.5, 0.6) is 0 Å². The van der Waals surface area contributed by atoms with E-state index in [0.717, 1.165) is 41.9 Å². The van der Waals surface area contributed by atoms with Gasteiger partial charge in [-0.3, -0.25) is 10.1 Å². The molecule has 3 rings (SSSR count). The maximum absolute atomic E-state index is 12.2. The summed E-state index contributed by atoms with van der Waals surface area (Å²) in [5.74, 6) is -0.333. The number of nitrogens with two attached hydrogens (primary N) is 1. The van der Waals surface area contributed by atoms with Gasteiger partial charge in [-0.1, -0.05) is 36.4 Å². The summed E-state index contributed by atoms with van der Waals surface area (Å²) in [5.41, 5.74) is 9.81. The highest BCUT2D eigenvalue weighted by molar-refractivity contribution is 5.96. The van der Waals surface area contributed by atoms with Gasteiger partial charge < -0.3 is 16.0 Å². The predicted molar refractivity (Wildman–Crippen MR) is 98.2 cm³/mol. The van der Waals surface area contributed by atoms with Crippen molar-refractivity contribution >= 4 is 23.3 Å². The van der Waals surface area contributed by atoms with Gasteiger partial charge in [0.1, 0.15) is 0 Å². The Hall–Kier alpha value is -3.02. The number of carbonyl (C=O) groups excluding carboxylic acids is 2. The number of anilines is 2. The third-order valence-corrected chi connectivity index (χ3v) is 4.27. The van der Waals surface area contributed by atoms with Gasteiger partial charge in [0.15, 0.2) is 0 Å². The quantitative estimate of drug-likeness (QED) is 0.745. The Bertz CT molecular complexity index is 761. The molecule has 0 saturated heterocycles. The molecule has 25 heavy (non-hydrogen) atoms. The molecule has 4 N–H and O–H groups in total. The first-order valence-electron chi connectivity index (χ1n) is 8.37. The summed E-state index contributed by atoms with van der Waals surface area (Å²) in [6.45, 7) is 1.29. The third kappa shape index (κ3) is 4.29. The van der Waals surface area contributed by atoms with Crippen LogP contribution in [0.3, 0.4) is 0 Å². The predicted octanol–water partition coefficient (Wildman–Crippen LogP) is 2.05. The second-order valence-corrected chi connectivity index (χ2v) is 6.09. The molecule has 1 aliphatic rings. The molecule has 1 heterocycles. The van der Waals surface area contributed by atoms with E-state index in [2.05, 4.69) is 10.6 Å². The topological polar surface area (TPSA) is 87.5 Å². The van der Waals surface area contributed by atoms with Gasteiger partial charge in [0.05, 0.1) is 6.54 Å². The Morgan fingerprint density at radius 2 is 1.88 bits per heavy atom. The number of urea groups is 1. The van der Waals surface area contributed by atoms with Gasteiger partial charge in [-0.05, 0) is 36.1 Å². The Morgan fingerprint density at radius 3 is 2.68 bits per heavy atom. The van der Waals surface area contributed by atoms with Crippen molar-refractivity contribution in [1.29, 1.82) is 0 Å². The summed E-state index contributed by atoms with van der Waals surface area (Å²) in [5, 5.41) is 5.07. The van der Waals surface area contributed by atoms with Crippen molar-refractivity contribution in [2.75, 3.05) is 23.7 Å². The lowest BCUT2D eigenvalue weighted by Gasteiger charge is -2.31. The van der Waals surface area contributed by atoms with E-state index in [1.54, 1.807) is 0 Å². The molecule has 0 bridgehead atoms. The minimum Gasteiger partial charge on any atom is -0.398 e. The van der Waals surface area contributed by atoms with Crippen LogP contribution in [-0.4, -0.2) is 25.0 Å². The van der Waals surface area contributed by atoms with Crippen molar-refractivity contribution in [3.05, 3.63) is 59.7 Å². The van der Waals surface area contributed by atoms with Crippen molar-refractivity contribution in [2.45, 2.75) is 19.4 Å². The summed E-state index contributed by atoms with van der Waals surface area (Å²) in [6, 6.07) is 14.8. The first-order chi connectivity index (χ1) is 12.1. The molecule has 0 spiro atoms. The summed E-state index contributed by atoms with van der Waals surface area (Å²) >= 11 is 0. The fraction of sp³-hybridized carbons (Fsp3) is 0.263. The van der Waals surface area contributed by atoms with Crippen LogP contribution in [0.25, 0.3) is 0 Å². The van der Waals surface area contributed by atoms with Crippen LogP contribution in [0.4, 0.5) is 16.2 Å². The van der Waals surface area contributed by atoms with Crippen molar-refractivity contribution in [2.24, 2.45) is 0 Å². The second-order valence-electron chi connectivity index (χ2n) is 6.09. The Labute approximate surface area is 147 Å². The summed E-state index contributed by atoms with van der Waals surface area (Å²) in [7, 11) is 0. The molecular weight excluding hydrogens is 316 g/mol. The van der Waals surface area contributed by atoms with Gasteiger partial charge in [-0.15, -0.1) is 0 Å². The monoisotopic (exact) mass is 338 g/mol. The molecule has 0 fully saturated rings. The molecule has 0 unspecified atom stereocenters. The lowest BCUT2D eigenvalue weighted by Crippen LogP contribution is -2.45. The zero-order valence-corrected chi connectivity index (χ0v) is 14.0. The SMILES string of the molecule is Nc1cccc2c1CCCN2CC(=O)NC(=O)NCc1ccccc1. The van der Waals surface area contributed by atoms with Crippen LogP contribution < -0.4 is 21.3 Å². The Balaban J connectivity index is 1.53. The van der Waals surface area contributed by atoms with E-state index in [1.165, 1.54) is 0 Å². The van der Waals surface area contributed by atoms with Crippen molar-refractivity contribution < 1.29 is 9.59 Å². The van der Waals surface area contributed by atoms with E-state index in [1.807, 2.05) is 53.4 Å². The fourth-order valence-corrected chi connectivity index (χ4v) is 3.05. The number of hydrogen-bond donors (Lipinski definition) is 3. The zero-order valence-electron chi connectivity index (χ0n) is 14.0.